The van der Waals surface area contributed by atoms with E-state index in [1.165, 1.54) is 17.0 Å². The molecule has 5 rings (SSSR count). The van der Waals surface area contributed by atoms with E-state index < -0.39 is 17.2 Å². The molecule has 0 atom stereocenters. The number of aromatic nitrogens is 5. The molecule has 0 amide bonds. The standard InChI is InChI=1S/C24H22F2N6O4/c25-16-4-2-1-3-15(16)13-32-20(18-5-8-36-31-18)11-19(30-32)22-27-12-17(26)21(29-22)28-14-24(23(33)34)6-9-35-10-7-24/h1-5,8,11-12H,6-7,9-10,13-14H2,(H,33,34)(H,27,28,29). The fraction of sp³-hybridized carbons (Fsp3) is 0.292. The molecule has 0 radical (unpaired) electrons. The van der Waals surface area contributed by atoms with Crippen LogP contribution in [0.4, 0.5) is 14.6 Å². The molecule has 36 heavy (non-hydrogen) atoms. The monoisotopic (exact) mass is 496 g/mol. The molecule has 10 nitrogen and oxygen atoms in total. The molecule has 0 aliphatic carbocycles. The van der Waals surface area contributed by atoms with E-state index in [0.29, 0.717) is 48.7 Å². The van der Waals surface area contributed by atoms with Crippen molar-refractivity contribution in [2.24, 2.45) is 5.41 Å². The second-order valence-corrected chi connectivity index (χ2v) is 8.49. The van der Waals surface area contributed by atoms with Gasteiger partial charge in [-0.25, -0.2) is 18.7 Å². The molecule has 1 aliphatic heterocycles. The zero-order chi connectivity index (χ0) is 25.1. The van der Waals surface area contributed by atoms with Gasteiger partial charge in [0.1, 0.15) is 23.5 Å². The van der Waals surface area contributed by atoms with Gasteiger partial charge in [0.25, 0.3) is 0 Å². The van der Waals surface area contributed by atoms with Crippen LogP contribution in [0, 0.1) is 17.0 Å². The Morgan fingerprint density at radius 1 is 1.14 bits per heavy atom. The lowest BCUT2D eigenvalue weighted by atomic mass is 9.80. The van der Waals surface area contributed by atoms with Gasteiger partial charge in [0.05, 0.1) is 23.9 Å². The highest BCUT2D eigenvalue weighted by molar-refractivity contribution is 5.75. The van der Waals surface area contributed by atoms with Gasteiger partial charge in [-0.1, -0.05) is 23.4 Å². The number of ether oxygens (including phenoxy) is 1. The second kappa shape index (κ2) is 9.82. The van der Waals surface area contributed by atoms with E-state index in [2.05, 4.69) is 25.5 Å². The number of aliphatic carboxylic acids is 1. The Labute approximate surface area is 203 Å². The Bertz CT molecular complexity index is 1370. The minimum Gasteiger partial charge on any atom is -0.481 e. The van der Waals surface area contributed by atoms with E-state index in [9.17, 15) is 18.7 Å². The lowest BCUT2D eigenvalue weighted by molar-refractivity contribution is -0.153. The molecule has 4 aromatic rings. The third-order valence-corrected chi connectivity index (χ3v) is 6.23. The summed E-state index contributed by atoms with van der Waals surface area (Å²) in [6.07, 6.45) is 3.00. The number of carboxylic acid groups (broad SMARTS) is 1. The summed E-state index contributed by atoms with van der Waals surface area (Å²) in [5.41, 5.74) is 0.614. The largest absolute Gasteiger partial charge is 0.481 e. The van der Waals surface area contributed by atoms with Crippen molar-refractivity contribution in [2.45, 2.75) is 19.4 Å². The van der Waals surface area contributed by atoms with Gasteiger partial charge in [0, 0.05) is 31.4 Å². The molecular weight excluding hydrogens is 474 g/mol. The van der Waals surface area contributed by atoms with Gasteiger partial charge in [-0.15, -0.1) is 0 Å². The Kier molecular flexibility index (Phi) is 6.42. The van der Waals surface area contributed by atoms with Crippen molar-refractivity contribution in [1.82, 2.24) is 24.9 Å². The molecule has 2 N–H and O–H groups in total. The molecule has 4 heterocycles. The summed E-state index contributed by atoms with van der Waals surface area (Å²) in [4.78, 5) is 20.2. The average molecular weight is 496 g/mol. The number of rotatable bonds is 8. The van der Waals surface area contributed by atoms with Crippen LogP contribution in [-0.2, 0) is 16.1 Å². The molecule has 12 heteroatoms. The number of carboxylic acids is 1. The molecule has 1 aromatic carbocycles. The van der Waals surface area contributed by atoms with Crippen molar-refractivity contribution in [3.63, 3.8) is 0 Å². The molecule has 1 fully saturated rings. The summed E-state index contributed by atoms with van der Waals surface area (Å²) in [5.74, 6) is -2.12. The van der Waals surface area contributed by atoms with Crippen LogP contribution in [0.5, 0.6) is 0 Å². The first kappa shape index (κ1) is 23.5. The van der Waals surface area contributed by atoms with E-state index in [1.807, 2.05) is 0 Å². The Balaban J connectivity index is 1.46. The molecule has 0 unspecified atom stereocenters. The number of nitrogens with one attached hydrogen (secondary N) is 1. The maximum Gasteiger partial charge on any atom is 0.311 e. The van der Waals surface area contributed by atoms with Gasteiger partial charge in [-0.05, 0) is 25.0 Å². The second-order valence-electron chi connectivity index (χ2n) is 8.49. The predicted octanol–water partition coefficient (Wildman–Crippen LogP) is 3.61. The Morgan fingerprint density at radius 3 is 2.67 bits per heavy atom. The van der Waals surface area contributed by atoms with Crippen molar-refractivity contribution >= 4 is 11.8 Å². The zero-order valence-electron chi connectivity index (χ0n) is 19.0. The van der Waals surface area contributed by atoms with Crippen LogP contribution in [0.3, 0.4) is 0 Å². The van der Waals surface area contributed by atoms with E-state index in [1.54, 1.807) is 30.3 Å². The Hall–Kier alpha value is -4.19. The van der Waals surface area contributed by atoms with Crippen molar-refractivity contribution < 1.29 is 27.9 Å². The molecule has 1 aliphatic rings. The van der Waals surface area contributed by atoms with Gasteiger partial charge in [-0.3, -0.25) is 9.48 Å². The third-order valence-electron chi connectivity index (χ3n) is 6.23. The van der Waals surface area contributed by atoms with Gasteiger partial charge >= 0.3 is 5.97 Å². The summed E-state index contributed by atoms with van der Waals surface area (Å²) in [6, 6.07) is 9.61. The fourth-order valence-electron chi connectivity index (χ4n) is 4.08. The van der Waals surface area contributed by atoms with Gasteiger partial charge in [-0.2, -0.15) is 5.10 Å². The minimum atomic E-state index is -1.09. The van der Waals surface area contributed by atoms with Crippen LogP contribution >= 0.6 is 0 Å². The molecule has 3 aromatic heterocycles. The van der Waals surface area contributed by atoms with E-state index in [-0.39, 0.29) is 30.5 Å². The third kappa shape index (κ3) is 4.67. The summed E-state index contributed by atoms with van der Waals surface area (Å²) in [6.45, 7) is 0.709. The van der Waals surface area contributed by atoms with Crippen LogP contribution in [0.2, 0.25) is 0 Å². The van der Waals surface area contributed by atoms with Gasteiger partial charge in [0.15, 0.2) is 17.5 Å². The van der Waals surface area contributed by atoms with Crippen molar-refractivity contribution in [1.29, 1.82) is 0 Å². The molecule has 0 bridgehead atoms. The van der Waals surface area contributed by atoms with Crippen LogP contribution in [0.25, 0.3) is 22.9 Å². The lowest BCUT2D eigenvalue weighted by Crippen LogP contribution is -2.42. The van der Waals surface area contributed by atoms with E-state index in [0.717, 1.165) is 6.20 Å². The molecule has 1 saturated heterocycles. The first-order valence-corrected chi connectivity index (χ1v) is 11.3. The maximum absolute atomic E-state index is 14.6. The first-order chi connectivity index (χ1) is 17.4. The highest BCUT2D eigenvalue weighted by atomic mass is 19.1. The average Bonchev–Trinajstić information content (AvgIpc) is 3.56. The lowest BCUT2D eigenvalue weighted by Gasteiger charge is -2.33. The highest BCUT2D eigenvalue weighted by Gasteiger charge is 2.40. The summed E-state index contributed by atoms with van der Waals surface area (Å²) >= 11 is 0. The van der Waals surface area contributed by atoms with Crippen LogP contribution < -0.4 is 5.32 Å². The number of hydrogen-bond donors (Lipinski definition) is 2. The number of anilines is 1. The summed E-state index contributed by atoms with van der Waals surface area (Å²) < 4.78 is 40.6. The number of nitrogens with zero attached hydrogens (tertiary/aromatic N) is 5. The van der Waals surface area contributed by atoms with Gasteiger partial charge in [0.2, 0.25) is 0 Å². The molecule has 0 spiro atoms. The van der Waals surface area contributed by atoms with Crippen LogP contribution in [-0.4, -0.2) is 55.7 Å². The zero-order valence-corrected chi connectivity index (χ0v) is 19.0. The molecule has 186 valence electrons. The van der Waals surface area contributed by atoms with Crippen LogP contribution in [0.1, 0.15) is 18.4 Å². The number of benzene rings is 1. The smallest absolute Gasteiger partial charge is 0.311 e. The molecular formula is C24H22F2N6O4. The highest BCUT2D eigenvalue weighted by Crippen LogP contribution is 2.32. The van der Waals surface area contributed by atoms with E-state index >= 15 is 0 Å². The number of carbonyl (C=O) groups is 1. The predicted molar refractivity (Wildman–Crippen MR) is 123 cm³/mol. The first-order valence-electron chi connectivity index (χ1n) is 11.3. The molecule has 0 saturated carbocycles. The van der Waals surface area contributed by atoms with Crippen LogP contribution in [0.15, 0.2) is 53.4 Å². The van der Waals surface area contributed by atoms with Crippen molar-refractivity contribution in [3.8, 4) is 22.9 Å². The minimum absolute atomic E-state index is 0.0228. The Morgan fingerprint density at radius 2 is 1.94 bits per heavy atom. The van der Waals surface area contributed by atoms with Gasteiger partial charge < -0.3 is 19.7 Å². The SMILES string of the molecule is O=C(O)C1(CNc2nc(-c3cc(-c4ccon4)n(Cc4ccccc4F)n3)ncc2F)CCOCC1. The topological polar surface area (TPSA) is 128 Å². The quantitative estimate of drug-likeness (QED) is 0.376. The van der Waals surface area contributed by atoms with Crippen molar-refractivity contribution in [3.05, 3.63) is 66.1 Å². The number of hydrogen-bond acceptors (Lipinski definition) is 8. The maximum atomic E-state index is 14.6. The summed E-state index contributed by atoms with van der Waals surface area (Å²) in [5, 5.41) is 21.1. The fourth-order valence-corrected chi connectivity index (χ4v) is 4.08. The van der Waals surface area contributed by atoms with Crippen molar-refractivity contribution in [2.75, 3.05) is 25.1 Å². The number of halogens is 2. The van der Waals surface area contributed by atoms with E-state index in [4.69, 9.17) is 9.26 Å². The normalized spacial score (nSPS) is 15.1. The summed E-state index contributed by atoms with van der Waals surface area (Å²) in [7, 11) is 0.